The Bertz CT molecular complexity index is 778. The fourth-order valence-corrected chi connectivity index (χ4v) is 3.19. The van der Waals surface area contributed by atoms with Crippen molar-refractivity contribution in [3.63, 3.8) is 0 Å². The molecule has 1 aromatic rings. The maximum Gasteiger partial charge on any atom is 0.491 e. The first-order valence-electron chi connectivity index (χ1n) is 7.82. The number of nitrogens with zero attached hydrogens (tertiary/aromatic N) is 2. The number of rotatable bonds is 3. The van der Waals surface area contributed by atoms with E-state index in [1.807, 2.05) is 0 Å². The number of esters is 2. The Morgan fingerprint density at radius 2 is 1.64 bits per heavy atom. The van der Waals surface area contributed by atoms with Crippen LogP contribution >= 0.6 is 0 Å². The number of carbonyl (C=O) groups is 2. The normalized spacial score (nSPS) is 20.2. The number of hydrogen-bond donors (Lipinski definition) is 1. The van der Waals surface area contributed by atoms with Crippen LogP contribution in [0.3, 0.4) is 0 Å². The summed E-state index contributed by atoms with van der Waals surface area (Å²) in [5.41, 5.74) is -0.998. The Hall–Kier alpha value is -2.57. The number of alkyl halides is 6. The van der Waals surface area contributed by atoms with Gasteiger partial charge >= 0.3 is 30.2 Å². The number of anilines is 1. The van der Waals surface area contributed by atoms with Crippen LogP contribution in [-0.4, -0.2) is 54.8 Å². The summed E-state index contributed by atoms with van der Waals surface area (Å²) < 4.78 is 85.8. The Morgan fingerprint density at radius 3 is 2.04 bits per heavy atom. The Morgan fingerprint density at radius 1 is 1.11 bits per heavy atom. The molecule has 0 radical (unpaired) electrons. The second-order valence-electron chi connectivity index (χ2n) is 6.49. The zero-order valence-electron chi connectivity index (χ0n) is 14.1. The van der Waals surface area contributed by atoms with Crippen molar-refractivity contribution >= 4 is 17.6 Å². The molecule has 0 aliphatic carbocycles. The highest BCUT2D eigenvalue weighted by atomic mass is 19.4. The second-order valence-corrected chi connectivity index (χ2v) is 6.49. The van der Waals surface area contributed by atoms with Crippen molar-refractivity contribution < 1.29 is 45.4 Å². The van der Waals surface area contributed by atoms with E-state index < -0.39 is 35.6 Å². The molecule has 0 aromatic carbocycles. The molecule has 0 amide bonds. The van der Waals surface area contributed by atoms with Crippen LogP contribution in [-0.2, 0) is 19.1 Å². The Labute approximate surface area is 153 Å². The third-order valence-corrected chi connectivity index (χ3v) is 4.62. The van der Waals surface area contributed by atoms with E-state index in [-0.39, 0.29) is 25.3 Å². The van der Waals surface area contributed by atoms with Crippen LogP contribution in [0.5, 0.6) is 0 Å². The molecule has 28 heavy (non-hydrogen) atoms. The zero-order chi connectivity index (χ0) is 21.0. The van der Waals surface area contributed by atoms with E-state index in [0.29, 0.717) is 5.56 Å². The average Bonchev–Trinajstić information content (AvgIpc) is 2.51. The first-order chi connectivity index (χ1) is 12.8. The minimum atomic E-state index is -5.51. The van der Waals surface area contributed by atoms with Crippen LogP contribution in [0.25, 0.3) is 0 Å². The van der Waals surface area contributed by atoms with Gasteiger partial charge in [0, 0.05) is 37.7 Å². The van der Waals surface area contributed by atoms with E-state index in [2.05, 4.69) is 19.8 Å². The quantitative estimate of drug-likeness (QED) is 0.459. The smallest absolute Gasteiger partial charge is 0.396 e. The molecule has 3 heterocycles. The fraction of sp³-hybridized carbons (Fsp3) is 0.533. The maximum atomic E-state index is 12.8. The lowest BCUT2D eigenvalue weighted by Crippen LogP contribution is -2.87. The van der Waals surface area contributed by atoms with Gasteiger partial charge in [-0.2, -0.15) is 26.3 Å². The van der Waals surface area contributed by atoms with Crippen molar-refractivity contribution in [3.05, 3.63) is 24.0 Å². The summed E-state index contributed by atoms with van der Waals surface area (Å²) in [6, 6.07) is 1.30. The summed E-state index contributed by atoms with van der Waals surface area (Å²) in [5, 5.41) is 2.69. The Kier molecular flexibility index (Phi) is 4.48. The van der Waals surface area contributed by atoms with E-state index in [1.54, 1.807) is 0 Å². The lowest BCUT2D eigenvalue weighted by Gasteiger charge is -2.66. The van der Waals surface area contributed by atoms with Gasteiger partial charge in [-0.25, -0.2) is 9.59 Å². The fourth-order valence-electron chi connectivity index (χ4n) is 3.19. The first kappa shape index (κ1) is 20.2. The van der Waals surface area contributed by atoms with Gasteiger partial charge in [0.05, 0.1) is 0 Å². The first-order valence-corrected chi connectivity index (χ1v) is 7.82. The largest absolute Gasteiger partial charge is 0.491 e. The van der Waals surface area contributed by atoms with Crippen LogP contribution in [0.1, 0.15) is 5.56 Å². The van der Waals surface area contributed by atoms with Gasteiger partial charge in [0.2, 0.25) is 0 Å². The summed E-state index contributed by atoms with van der Waals surface area (Å²) in [5.74, 6) is -8.46. The third kappa shape index (κ3) is 3.02. The van der Waals surface area contributed by atoms with E-state index >= 15 is 0 Å². The highest BCUT2D eigenvalue weighted by molar-refractivity contribution is 5.80. The molecule has 7 nitrogen and oxygen atoms in total. The monoisotopic (exact) mass is 413 g/mol. The van der Waals surface area contributed by atoms with E-state index in [9.17, 15) is 35.9 Å². The predicted molar refractivity (Wildman–Crippen MR) is 78.6 cm³/mol. The molecule has 0 unspecified atom stereocenters. The summed E-state index contributed by atoms with van der Waals surface area (Å²) in [4.78, 5) is 27.7. The van der Waals surface area contributed by atoms with Gasteiger partial charge in [0.1, 0.15) is 5.41 Å². The van der Waals surface area contributed by atoms with Gasteiger partial charge in [-0.15, -0.1) is 0 Å². The van der Waals surface area contributed by atoms with Gasteiger partial charge in [0.25, 0.3) is 0 Å². The molecule has 13 heteroatoms. The highest BCUT2D eigenvalue weighted by Crippen LogP contribution is 2.55. The summed E-state index contributed by atoms with van der Waals surface area (Å²) in [7, 11) is 0. The number of aromatic nitrogens is 1. The molecule has 1 aromatic heterocycles. The van der Waals surface area contributed by atoms with Crippen molar-refractivity contribution in [1.82, 2.24) is 10.3 Å². The number of aryl methyl sites for hydroxylation is 1. The van der Waals surface area contributed by atoms with Crippen molar-refractivity contribution in [2.45, 2.75) is 25.2 Å². The standard InChI is InChI=1S/C15H13F6N3O4/c1-8-4-22-3-2-9(8)24-7-12(5-23-6-12)15(24,27-10(25)13(16,17)18)28-11(26)14(19,20)21/h2-4,23H,5-7H2,1H3. The number of halogens is 6. The third-order valence-electron chi connectivity index (χ3n) is 4.62. The van der Waals surface area contributed by atoms with E-state index in [1.165, 1.54) is 25.4 Å². The van der Waals surface area contributed by atoms with Gasteiger partial charge in [0.15, 0.2) is 0 Å². The van der Waals surface area contributed by atoms with Gasteiger partial charge in [-0.3, -0.25) is 9.88 Å². The van der Waals surface area contributed by atoms with Crippen molar-refractivity contribution in [2.75, 3.05) is 24.5 Å². The van der Waals surface area contributed by atoms with Crippen LogP contribution in [0.2, 0.25) is 0 Å². The molecule has 0 atom stereocenters. The van der Waals surface area contributed by atoms with Gasteiger partial charge in [-0.1, -0.05) is 0 Å². The van der Waals surface area contributed by atoms with Crippen molar-refractivity contribution in [1.29, 1.82) is 0 Å². The summed E-state index contributed by atoms with van der Waals surface area (Å²) >= 11 is 0. The van der Waals surface area contributed by atoms with Crippen LogP contribution in [0.15, 0.2) is 18.5 Å². The number of ether oxygens (including phenoxy) is 2. The number of carbonyl (C=O) groups excluding carboxylic acids is 2. The molecule has 2 aliphatic heterocycles. The predicted octanol–water partition coefficient (Wildman–Crippen LogP) is 1.66. The maximum absolute atomic E-state index is 12.8. The number of hydrogen-bond acceptors (Lipinski definition) is 7. The molecule has 1 N–H and O–H groups in total. The van der Waals surface area contributed by atoms with E-state index in [0.717, 1.165) is 4.90 Å². The average molecular weight is 413 g/mol. The zero-order valence-corrected chi connectivity index (χ0v) is 14.1. The molecular formula is C15H13F6N3O4. The molecule has 3 rings (SSSR count). The highest BCUT2D eigenvalue weighted by Gasteiger charge is 2.76. The lowest BCUT2D eigenvalue weighted by atomic mass is 9.69. The van der Waals surface area contributed by atoms with Crippen molar-refractivity contribution in [2.24, 2.45) is 5.41 Å². The Balaban J connectivity index is 2.08. The number of nitrogens with one attached hydrogen (secondary N) is 1. The molecule has 2 aliphatic rings. The second kappa shape index (κ2) is 6.22. The summed E-state index contributed by atoms with van der Waals surface area (Å²) in [6.45, 7) is 1.14. The molecular weight excluding hydrogens is 400 g/mol. The molecule has 0 saturated carbocycles. The van der Waals surface area contributed by atoms with Crippen molar-refractivity contribution in [3.8, 4) is 0 Å². The van der Waals surface area contributed by atoms with Crippen LogP contribution < -0.4 is 10.2 Å². The van der Waals surface area contributed by atoms with Gasteiger partial charge < -0.3 is 14.8 Å². The SMILES string of the molecule is Cc1cnccc1N1CC2(CNC2)C1(OC(=O)C(F)(F)F)OC(=O)C(F)(F)F. The topological polar surface area (TPSA) is 80.8 Å². The molecule has 1 spiro atoms. The lowest BCUT2D eigenvalue weighted by molar-refractivity contribution is -0.338. The van der Waals surface area contributed by atoms with Gasteiger partial charge in [-0.05, 0) is 18.6 Å². The summed E-state index contributed by atoms with van der Waals surface area (Å²) in [6.07, 6.45) is -8.47. The molecule has 2 saturated heterocycles. The number of pyridine rings is 1. The molecule has 0 bridgehead atoms. The minimum absolute atomic E-state index is 0.109. The molecule has 2 fully saturated rings. The van der Waals surface area contributed by atoms with Crippen LogP contribution in [0.4, 0.5) is 32.0 Å². The van der Waals surface area contributed by atoms with Crippen LogP contribution in [0, 0.1) is 12.3 Å². The minimum Gasteiger partial charge on any atom is -0.396 e. The van der Waals surface area contributed by atoms with E-state index in [4.69, 9.17) is 0 Å². The molecule has 154 valence electrons.